The minimum Gasteiger partial charge on any atom is -0.444 e. The van der Waals surface area contributed by atoms with Crippen LogP contribution in [0.25, 0.3) is 16.6 Å². The lowest BCUT2D eigenvalue weighted by atomic mass is 10.0. The molecule has 154 valence electrons. The Bertz CT molecular complexity index is 1020. The molecule has 1 fully saturated rings. The molecule has 0 spiro atoms. The summed E-state index contributed by atoms with van der Waals surface area (Å²) in [5.41, 5.74) is 5.55. The molecule has 3 aromatic rings. The van der Waals surface area contributed by atoms with Gasteiger partial charge in [-0.1, -0.05) is 0 Å². The van der Waals surface area contributed by atoms with Crippen molar-refractivity contribution in [1.29, 1.82) is 0 Å². The molecule has 4 rings (SSSR count). The van der Waals surface area contributed by atoms with Crippen molar-refractivity contribution in [2.45, 2.75) is 65.5 Å². The molecular formula is C24H31N3O2. The Balaban J connectivity index is 1.61. The van der Waals surface area contributed by atoms with Crippen molar-refractivity contribution in [1.82, 2.24) is 14.5 Å². The molecule has 29 heavy (non-hydrogen) atoms. The molecule has 5 heteroatoms. The van der Waals surface area contributed by atoms with Gasteiger partial charge in [-0.15, -0.1) is 0 Å². The number of nitrogens with zero attached hydrogens (tertiary/aromatic N) is 2. The Morgan fingerprint density at radius 2 is 1.90 bits per heavy atom. The molecule has 0 radical (unpaired) electrons. The van der Waals surface area contributed by atoms with E-state index in [1.807, 2.05) is 25.7 Å². The fourth-order valence-corrected chi connectivity index (χ4v) is 4.41. The number of carbonyl (C=O) groups is 1. The largest absolute Gasteiger partial charge is 0.444 e. The number of hydrogen-bond acceptors (Lipinski definition) is 2. The fourth-order valence-electron chi connectivity index (χ4n) is 4.41. The number of benzene rings is 1. The second-order valence-electron chi connectivity index (χ2n) is 9.17. The molecule has 0 aliphatic carbocycles. The van der Waals surface area contributed by atoms with Crippen molar-refractivity contribution in [2.75, 3.05) is 6.54 Å². The maximum absolute atomic E-state index is 12.6. The number of carbonyl (C=O) groups excluding carboxylic acids is 1. The van der Waals surface area contributed by atoms with Crippen molar-refractivity contribution < 1.29 is 9.53 Å². The number of likely N-dealkylation sites (tertiary alicyclic amines) is 1. The van der Waals surface area contributed by atoms with Gasteiger partial charge in [0, 0.05) is 46.8 Å². The number of aromatic amines is 1. The third kappa shape index (κ3) is 3.91. The van der Waals surface area contributed by atoms with Crippen LogP contribution in [0.4, 0.5) is 4.79 Å². The summed E-state index contributed by atoms with van der Waals surface area (Å²) in [6, 6.07) is 11.0. The van der Waals surface area contributed by atoms with E-state index in [1.165, 1.54) is 28.0 Å². The Morgan fingerprint density at radius 3 is 2.59 bits per heavy atom. The number of ether oxygens (including phenoxy) is 1. The van der Waals surface area contributed by atoms with Crippen LogP contribution in [-0.2, 0) is 11.2 Å². The van der Waals surface area contributed by atoms with Crippen LogP contribution in [0.15, 0.2) is 36.5 Å². The molecule has 1 N–H and O–H groups in total. The number of hydrogen-bond donors (Lipinski definition) is 1. The molecule has 1 aliphatic rings. The highest BCUT2D eigenvalue weighted by atomic mass is 16.6. The molecule has 1 unspecified atom stereocenters. The number of H-pyrrole nitrogens is 1. The van der Waals surface area contributed by atoms with Gasteiger partial charge >= 0.3 is 6.09 Å². The number of nitrogens with one attached hydrogen (secondary N) is 1. The van der Waals surface area contributed by atoms with Crippen LogP contribution in [0, 0.1) is 13.8 Å². The molecule has 0 bridgehead atoms. The summed E-state index contributed by atoms with van der Waals surface area (Å²) < 4.78 is 7.91. The van der Waals surface area contributed by atoms with Gasteiger partial charge in [-0.05, 0) is 89.8 Å². The van der Waals surface area contributed by atoms with Crippen LogP contribution in [-0.4, -0.2) is 38.7 Å². The number of amides is 1. The van der Waals surface area contributed by atoms with E-state index in [4.69, 9.17) is 4.74 Å². The van der Waals surface area contributed by atoms with Crippen molar-refractivity contribution >= 4 is 17.0 Å². The quantitative estimate of drug-likeness (QED) is 0.637. The van der Waals surface area contributed by atoms with Gasteiger partial charge in [-0.25, -0.2) is 4.79 Å². The number of fused-ring (bicyclic) bond motifs is 1. The van der Waals surface area contributed by atoms with Gasteiger partial charge in [0.05, 0.1) is 0 Å². The molecule has 0 saturated carbocycles. The normalized spacial score (nSPS) is 17.3. The maximum atomic E-state index is 12.6. The zero-order valence-corrected chi connectivity index (χ0v) is 18.1. The maximum Gasteiger partial charge on any atom is 0.410 e. The molecule has 1 amide bonds. The van der Waals surface area contributed by atoms with Crippen molar-refractivity contribution in [3.63, 3.8) is 0 Å². The molecule has 1 aromatic carbocycles. The summed E-state index contributed by atoms with van der Waals surface area (Å²) in [5, 5.41) is 1.23. The van der Waals surface area contributed by atoms with Crippen LogP contribution in [0.2, 0.25) is 0 Å². The molecule has 5 nitrogen and oxygen atoms in total. The zero-order valence-electron chi connectivity index (χ0n) is 18.1. The zero-order chi connectivity index (χ0) is 20.8. The highest BCUT2D eigenvalue weighted by molar-refractivity contribution is 5.85. The van der Waals surface area contributed by atoms with Gasteiger partial charge in [0.1, 0.15) is 5.60 Å². The lowest BCUT2D eigenvalue weighted by Crippen LogP contribution is -2.40. The van der Waals surface area contributed by atoms with E-state index in [1.54, 1.807) is 0 Å². The average molecular weight is 394 g/mol. The molecule has 1 saturated heterocycles. The van der Waals surface area contributed by atoms with Crippen LogP contribution >= 0.6 is 0 Å². The monoisotopic (exact) mass is 393 g/mol. The third-order valence-corrected chi connectivity index (χ3v) is 5.74. The van der Waals surface area contributed by atoms with Gasteiger partial charge in [-0.3, -0.25) is 0 Å². The van der Waals surface area contributed by atoms with Gasteiger partial charge in [0.2, 0.25) is 0 Å². The lowest BCUT2D eigenvalue weighted by Gasteiger charge is -2.28. The smallest absolute Gasteiger partial charge is 0.410 e. The topological polar surface area (TPSA) is 50.3 Å². The van der Waals surface area contributed by atoms with Crippen molar-refractivity contribution in [3.05, 3.63) is 53.5 Å². The van der Waals surface area contributed by atoms with Gasteiger partial charge in [0.15, 0.2) is 0 Å². The average Bonchev–Trinajstić information content (AvgIpc) is 3.34. The summed E-state index contributed by atoms with van der Waals surface area (Å²) in [4.78, 5) is 18.0. The second kappa shape index (κ2) is 7.29. The molecule has 2 aromatic heterocycles. The standard InChI is InChI=1S/C24H31N3O2/c1-16-8-9-17(2)27(16)20-10-11-22-21(14-20)18(15-25-22)13-19-7-6-12-26(19)23(28)29-24(3,4)5/h8-11,14-15,19,25H,6-7,12-13H2,1-5H3. The minimum atomic E-state index is -0.466. The van der Waals surface area contributed by atoms with E-state index >= 15 is 0 Å². The predicted molar refractivity (Wildman–Crippen MR) is 117 cm³/mol. The molecule has 3 heterocycles. The Morgan fingerprint density at radius 1 is 1.17 bits per heavy atom. The van der Waals surface area contributed by atoms with Gasteiger partial charge in [0.25, 0.3) is 0 Å². The first-order chi connectivity index (χ1) is 13.7. The summed E-state index contributed by atoms with van der Waals surface area (Å²) in [6.07, 6.45) is 4.78. The van der Waals surface area contributed by atoms with Crippen LogP contribution < -0.4 is 0 Å². The van der Waals surface area contributed by atoms with Crippen molar-refractivity contribution in [3.8, 4) is 5.69 Å². The fraction of sp³-hybridized carbons (Fsp3) is 0.458. The van der Waals surface area contributed by atoms with E-state index in [9.17, 15) is 4.79 Å². The summed E-state index contributed by atoms with van der Waals surface area (Å²) >= 11 is 0. The molecule has 1 atom stereocenters. The first kappa shape index (κ1) is 19.6. The first-order valence-electron chi connectivity index (χ1n) is 10.5. The SMILES string of the molecule is Cc1ccc(C)n1-c1ccc2[nH]cc(CC3CCCN3C(=O)OC(C)(C)C)c2c1. The van der Waals surface area contributed by atoms with E-state index in [0.29, 0.717) is 0 Å². The Hall–Kier alpha value is -2.69. The predicted octanol–water partition coefficient (Wildman–Crippen LogP) is 5.52. The minimum absolute atomic E-state index is 0.183. The summed E-state index contributed by atoms with van der Waals surface area (Å²) in [6.45, 7) is 10.8. The summed E-state index contributed by atoms with van der Waals surface area (Å²) in [5.74, 6) is 0. The van der Waals surface area contributed by atoms with E-state index in [-0.39, 0.29) is 12.1 Å². The van der Waals surface area contributed by atoms with E-state index in [0.717, 1.165) is 31.3 Å². The van der Waals surface area contributed by atoms with E-state index < -0.39 is 5.60 Å². The first-order valence-corrected chi connectivity index (χ1v) is 10.5. The van der Waals surface area contributed by atoms with Crippen LogP contribution in [0.1, 0.15) is 50.6 Å². The van der Waals surface area contributed by atoms with Crippen molar-refractivity contribution in [2.24, 2.45) is 0 Å². The van der Waals surface area contributed by atoms with Crippen LogP contribution in [0.3, 0.4) is 0 Å². The Kier molecular flexibility index (Phi) is 4.93. The Labute approximate surface area is 172 Å². The highest BCUT2D eigenvalue weighted by Crippen LogP contribution is 2.29. The van der Waals surface area contributed by atoms with Gasteiger partial charge in [-0.2, -0.15) is 0 Å². The highest BCUT2D eigenvalue weighted by Gasteiger charge is 2.32. The molecular weight excluding hydrogens is 362 g/mol. The molecule has 1 aliphatic heterocycles. The van der Waals surface area contributed by atoms with Gasteiger partial charge < -0.3 is 19.2 Å². The third-order valence-electron chi connectivity index (χ3n) is 5.74. The number of rotatable bonds is 3. The second-order valence-corrected chi connectivity index (χ2v) is 9.17. The lowest BCUT2D eigenvalue weighted by molar-refractivity contribution is 0.0227. The number of aryl methyl sites for hydroxylation is 2. The summed E-state index contributed by atoms with van der Waals surface area (Å²) in [7, 11) is 0. The van der Waals surface area contributed by atoms with E-state index in [2.05, 4.69) is 59.9 Å². The number of aromatic nitrogens is 2. The van der Waals surface area contributed by atoms with Crippen LogP contribution in [0.5, 0.6) is 0 Å².